The molecule has 0 saturated heterocycles. The van der Waals surface area contributed by atoms with Gasteiger partial charge in [0.05, 0.1) is 4.90 Å². The summed E-state index contributed by atoms with van der Waals surface area (Å²) in [6.07, 6.45) is 0.878. The highest BCUT2D eigenvalue weighted by atomic mass is 32.2. The number of anilines is 1. The van der Waals surface area contributed by atoms with E-state index in [1.807, 2.05) is 0 Å². The Labute approximate surface area is 132 Å². The normalized spacial score (nSPS) is 20.5. The van der Waals surface area contributed by atoms with Crippen LogP contribution < -0.4 is 5.32 Å². The number of alkyl halides is 2. The maximum absolute atomic E-state index is 12.9. The number of hydrogen-bond acceptors (Lipinski definition) is 3. The van der Waals surface area contributed by atoms with Crippen molar-refractivity contribution < 1.29 is 21.6 Å². The molecule has 122 valence electrons. The van der Waals surface area contributed by atoms with Crippen LogP contribution in [0, 0.1) is 5.82 Å². The highest BCUT2D eigenvalue weighted by Gasteiger charge is 2.38. The van der Waals surface area contributed by atoms with Gasteiger partial charge in [-0.05, 0) is 48.4 Å². The van der Waals surface area contributed by atoms with Crippen LogP contribution >= 0.6 is 0 Å². The Balaban J connectivity index is 1.65. The van der Waals surface area contributed by atoms with Gasteiger partial charge in [0.2, 0.25) is 9.84 Å². The molecule has 1 aliphatic carbocycles. The van der Waals surface area contributed by atoms with Gasteiger partial charge in [0, 0.05) is 17.6 Å². The summed E-state index contributed by atoms with van der Waals surface area (Å²) in [6, 6.07) is 11.7. The first kappa shape index (κ1) is 15.9. The molecule has 23 heavy (non-hydrogen) atoms. The molecule has 0 bridgehead atoms. The van der Waals surface area contributed by atoms with Gasteiger partial charge in [-0.2, -0.15) is 8.78 Å². The third-order valence-corrected chi connectivity index (χ3v) is 5.26. The van der Waals surface area contributed by atoms with E-state index >= 15 is 0 Å². The van der Waals surface area contributed by atoms with Crippen LogP contribution in [0.1, 0.15) is 17.9 Å². The van der Waals surface area contributed by atoms with Crippen LogP contribution in [0.4, 0.5) is 18.9 Å². The number of rotatable bonds is 5. The van der Waals surface area contributed by atoms with Crippen molar-refractivity contribution in [2.24, 2.45) is 0 Å². The predicted molar refractivity (Wildman–Crippen MR) is 80.8 cm³/mol. The van der Waals surface area contributed by atoms with Crippen LogP contribution in [-0.4, -0.2) is 20.2 Å². The van der Waals surface area contributed by atoms with Crippen molar-refractivity contribution in [3.63, 3.8) is 0 Å². The van der Waals surface area contributed by atoms with E-state index in [9.17, 15) is 21.6 Å². The molecule has 1 aliphatic rings. The number of halogens is 3. The minimum Gasteiger partial charge on any atom is -0.382 e. The molecule has 1 saturated carbocycles. The first-order valence-electron chi connectivity index (χ1n) is 7.02. The Kier molecular flexibility index (Phi) is 4.06. The third-order valence-electron chi connectivity index (χ3n) is 3.86. The molecule has 7 heteroatoms. The summed E-state index contributed by atoms with van der Waals surface area (Å²) in [5, 5.41) is 3.21. The smallest absolute Gasteiger partial charge is 0.341 e. The highest BCUT2D eigenvalue weighted by molar-refractivity contribution is 7.91. The monoisotopic (exact) mass is 341 g/mol. The molecule has 0 radical (unpaired) electrons. The van der Waals surface area contributed by atoms with E-state index in [1.54, 1.807) is 12.1 Å². The standard InChI is InChI=1S/C16H14F3NO2S/c17-11-3-1-10(2-4-11)14-9-15(14)20-12-5-7-13(8-6-12)23(21,22)16(18)19/h1-8,14-16,20H,9H2/t14-,15+/m0/s1. The van der Waals surface area contributed by atoms with Gasteiger partial charge in [-0.1, -0.05) is 12.1 Å². The van der Waals surface area contributed by atoms with Crippen LogP contribution in [-0.2, 0) is 9.84 Å². The fraction of sp³-hybridized carbons (Fsp3) is 0.250. The molecule has 0 spiro atoms. The SMILES string of the molecule is O=S(=O)(c1ccc(N[C@@H]2C[C@H]2c2ccc(F)cc2)cc1)C(F)F. The van der Waals surface area contributed by atoms with Crippen molar-refractivity contribution in [1.82, 2.24) is 0 Å². The minimum atomic E-state index is -4.56. The Morgan fingerprint density at radius 1 is 1.00 bits per heavy atom. The quantitative estimate of drug-likeness (QED) is 0.900. The molecule has 3 rings (SSSR count). The summed E-state index contributed by atoms with van der Waals surface area (Å²) in [6.45, 7) is 0. The van der Waals surface area contributed by atoms with Gasteiger partial charge in [0.1, 0.15) is 5.82 Å². The van der Waals surface area contributed by atoms with E-state index in [2.05, 4.69) is 5.32 Å². The maximum Gasteiger partial charge on any atom is 0.341 e. The Morgan fingerprint density at radius 3 is 2.17 bits per heavy atom. The van der Waals surface area contributed by atoms with Crippen molar-refractivity contribution >= 4 is 15.5 Å². The molecule has 0 aromatic heterocycles. The summed E-state index contributed by atoms with van der Waals surface area (Å²) in [4.78, 5) is -0.399. The fourth-order valence-corrected chi connectivity index (χ4v) is 3.21. The fourth-order valence-electron chi connectivity index (χ4n) is 2.49. The van der Waals surface area contributed by atoms with E-state index < -0.39 is 20.5 Å². The Hall–Kier alpha value is -2.02. The summed E-state index contributed by atoms with van der Waals surface area (Å²) < 4.78 is 60.5. The predicted octanol–water partition coefficient (Wildman–Crippen LogP) is 3.79. The van der Waals surface area contributed by atoms with Crippen LogP contribution in [0.3, 0.4) is 0 Å². The van der Waals surface area contributed by atoms with Crippen LogP contribution in [0.15, 0.2) is 53.4 Å². The molecule has 0 amide bonds. The van der Waals surface area contributed by atoms with Crippen molar-refractivity contribution in [3.8, 4) is 0 Å². The second-order valence-corrected chi connectivity index (χ2v) is 7.39. The van der Waals surface area contributed by atoms with Gasteiger partial charge < -0.3 is 5.32 Å². The van der Waals surface area contributed by atoms with Gasteiger partial charge in [-0.25, -0.2) is 12.8 Å². The number of hydrogen-bond donors (Lipinski definition) is 1. The Bertz CT molecular complexity index is 789. The average Bonchev–Trinajstić information content (AvgIpc) is 3.27. The van der Waals surface area contributed by atoms with E-state index in [0.29, 0.717) is 5.69 Å². The minimum absolute atomic E-state index is 0.165. The van der Waals surface area contributed by atoms with Gasteiger partial charge in [0.15, 0.2) is 0 Å². The van der Waals surface area contributed by atoms with E-state index in [1.165, 1.54) is 36.4 Å². The molecule has 0 unspecified atom stereocenters. The topological polar surface area (TPSA) is 46.2 Å². The van der Waals surface area contributed by atoms with Crippen LogP contribution in [0.2, 0.25) is 0 Å². The van der Waals surface area contributed by atoms with Gasteiger partial charge in [-0.15, -0.1) is 0 Å². The van der Waals surface area contributed by atoms with E-state index in [0.717, 1.165) is 12.0 Å². The molecule has 1 N–H and O–H groups in total. The lowest BCUT2D eigenvalue weighted by atomic mass is 10.1. The molecule has 2 atom stereocenters. The zero-order valence-electron chi connectivity index (χ0n) is 11.9. The van der Waals surface area contributed by atoms with Gasteiger partial charge in [0.25, 0.3) is 0 Å². The van der Waals surface area contributed by atoms with Crippen molar-refractivity contribution in [2.75, 3.05) is 5.32 Å². The lowest BCUT2D eigenvalue weighted by Gasteiger charge is -2.08. The maximum atomic E-state index is 12.9. The Morgan fingerprint density at radius 2 is 1.61 bits per heavy atom. The molecule has 2 aromatic carbocycles. The molecule has 2 aromatic rings. The third kappa shape index (κ3) is 3.34. The lowest BCUT2D eigenvalue weighted by Crippen LogP contribution is -2.11. The first-order chi connectivity index (χ1) is 10.9. The van der Waals surface area contributed by atoms with Crippen LogP contribution in [0.5, 0.6) is 0 Å². The number of benzene rings is 2. The van der Waals surface area contributed by atoms with Crippen molar-refractivity contribution in [2.45, 2.75) is 29.0 Å². The molecule has 0 aliphatic heterocycles. The summed E-state index contributed by atoms with van der Waals surface area (Å²) in [5.74, 6) is -3.44. The molecule has 0 heterocycles. The van der Waals surface area contributed by atoms with Crippen LogP contribution in [0.25, 0.3) is 0 Å². The summed E-state index contributed by atoms with van der Waals surface area (Å²) in [5.41, 5.74) is 1.69. The van der Waals surface area contributed by atoms with E-state index in [4.69, 9.17) is 0 Å². The first-order valence-corrected chi connectivity index (χ1v) is 8.56. The zero-order chi connectivity index (χ0) is 16.6. The summed E-state index contributed by atoms with van der Waals surface area (Å²) >= 11 is 0. The zero-order valence-corrected chi connectivity index (χ0v) is 12.7. The highest BCUT2D eigenvalue weighted by Crippen LogP contribution is 2.42. The molecule has 1 fully saturated rings. The molecular formula is C16H14F3NO2S. The largest absolute Gasteiger partial charge is 0.382 e. The average molecular weight is 341 g/mol. The van der Waals surface area contributed by atoms with Gasteiger partial charge >= 0.3 is 5.76 Å². The second-order valence-electron chi connectivity index (χ2n) is 5.47. The van der Waals surface area contributed by atoms with E-state index in [-0.39, 0.29) is 17.8 Å². The summed E-state index contributed by atoms with van der Waals surface area (Å²) in [7, 11) is -4.56. The van der Waals surface area contributed by atoms with Crippen molar-refractivity contribution in [1.29, 1.82) is 0 Å². The lowest BCUT2D eigenvalue weighted by molar-refractivity contribution is 0.234. The van der Waals surface area contributed by atoms with Crippen molar-refractivity contribution in [3.05, 3.63) is 59.9 Å². The number of sulfone groups is 1. The van der Waals surface area contributed by atoms with Gasteiger partial charge in [-0.3, -0.25) is 0 Å². The molecular weight excluding hydrogens is 327 g/mol. The second kappa shape index (κ2) is 5.88. The number of nitrogens with one attached hydrogen (secondary N) is 1. The molecule has 3 nitrogen and oxygen atoms in total.